The lowest BCUT2D eigenvalue weighted by Gasteiger charge is -2.05. The van der Waals surface area contributed by atoms with E-state index in [1.54, 1.807) is 0 Å². The Balaban J connectivity index is 2.04. The van der Waals surface area contributed by atoms with Gasteiger partial charge in [-0.1, -0.05) is 31.2 Å². The van der Waals surface area contributed by atoms with Crippen LogP contribution in [0.25, 0.3) is 11.2 Å². The van der Waals surface area contributed by atoms with Crippen LogP contribution in [-0.4, -0.2) is 14.5 Å². The first-order chi connectivity index (χ1) is 9.69. The Kier molecular flexibility index (Phi) is 3.40. The van der Waals surface area contributed by atoms with E-state index >= 15 is 0 Å². The quantitative estimate of drug-likeness (QED) is 0.737. The minimum atomic E-state index is 0.723. The molecule has 0 amide bonds. The van der Waals surface area contributed by atoms with Crippen LogP contribution < -0.4 is 0 Å². The second-order valence-electron chi connectivity index (χ2n) is 5.01. The molecule has 0 spiro atoms. The Bertz CT molecular complexity index is 797. The third-order valence-corrected chi connectivity index (χ3v) is 3.97. The van der Waals surface area contributed by atoms with E-state index in [1.807, 2.05) is 12.3 Å². The highest BCUT2D eigenvalue weighted by Gasteiger charge is 2.08. The molecule has 0 aliphatic heterocycles. The molecule has 0 aliphatic rings. The summed E-state index contributed by atoms with van der Waals surface area (Å²) in [5.41, 5.74) is 5.71. The smallest absolute Gasteiger partial charge is 0.179 e. The zero-order chi connectivity index (χ0) is 14.1. The summed E-state index contributed by atoms with van der Waals surface area (Å²) in [5.74, 6) is 0. The van der Waals surface area contributed by atoms with Gasteiger partial charge in [0.2, 0.25) is 0 Å². The lowest BCUT2D eigenvalue weighted by atomic mass is 10.1. The van der Waals surface area contributed by atoms with Crippen LogP contribution in [0.4, 0.5) is 0 Å². The Morgan fingerprint density at radius 1 is 1.15 bits per heavy atom. The fourth-order valence-corrected chi connectivity index (χ4v) is 2.64. The van der Waals surface area contributed by atoms with Gasteiger partial charge in [-0.3, -0.25) is 4.57 Å². The third kappa shape index (κ3) is 2.27. The fourth-order valence-electron chi connectivity index (χ4n) is 2.38. The first-order valence-electron chi connectivity index (χ1n) is 6.81. The van der Waals surface area contributed by atoms with Gasteiger partial charge in [0.15, 0.2) is 10.4 Å². The van der Waals surface area contributed by atoms with E-state index in [4.69, 9.17) is 12.2 Å². The van der Waals surface area contributed by atoms with Crippen molar-refractivity contribution in [3.63, 3.8) is 0 Å². The summed E-state index contributed by atoms with van der Waals surface area (Å²) in [7, 11) is 0. The molecule has 102 valence electrons. The van der Waals surface area contributed by atoms with Crippen molar-refractivity contribution in [2.45, 2.75) is 26.8 Å². The van der Waals surface area contributed by atoms with Crippen molar-refractivity contribution in [2.24, 2.45) is 0 Å². The minimum absolute atomic E-state index is 0.723. The predicted molar refractivity (Wildman–Crippen MR) is 84.6 cm³/mol. The number of benzene rings is 1. The number of pyridine rings is 1. The highest BCUT2D eigenvalue weighted by Crippen LogP contribution is 2.17. The van der Waals surface area contributed by atoms with E-state index in [0.29, 0.717) is 0 Å². The summed E-state index contributed by atoms with van der Waals surface area (Å²) in [6.45, 7) is 4.98. The fraction of sp³-hybridized carbons (Fsp3) is 0.250. The first kappa shape index (κ1) is 13.1. The topological polar surface area (TPSA) is 33.6 Å². The Morgan fingerprint density at radius 3 is 2.55 bits per heavy atom. The van der Waals surface area contributed by atoms with Crippen molar-refractivity contribution in [1.82, 2.24) is 14.5 Å². The number of aromatic nitrogens is 3. The van der Waals surface area contributed by atoms with Crippen molar-refractivity contribution in [3.8, 4) is 0 Å². The number of hydrogen-bond donors (Lipinski definition) is 1. The Hall–Kier alpha value is -1.94. The molecular formula is C16H17N3S. The number of aryl methyl sites for hydroxylation is 2. The molecule has 0 fully saturated rings. The number of imidazole rings is 1. The number of aromatic amines is 1. The summed E-state index contributed by atoms with van der Waals surface area (Å²) in [6.07, 6.45) is 2.89. The molecule has 0 bridgehead atoms. The van der Waals surface area contributed by atoms with Crippen molar-refractivity contribution in [3.05, 3.63) is 58.0 Å². The normalized spacial score (nSPS) is 11.1. The van der Waals surface area contributed by atoms with Gasteiger partial charge in [0.05, 0.1) is 12.1 Å². The van der Waals surface area contributed by atoms with Gasteiger partial charge in [-0.2, -0.15) is 0 Å². The van der Waals surface area contributed by atoms with Gasteiger partial charge < -0.3 is 4.98 Å². The molecule has 3 aromatic rings. The maximum absolute atomic E-state index is 5.43. The average molecular weight is 283 g/mol. The number of rotatable bonds is 3. The molecule has 20 heavy (non-hydrogen) atoms. The summed E-state index contributed by atoms with van der Waals surface area (Å²) >= 11 is 5.43. The summed E-state index contributed by atoms with van der Waals surface area (Å²) in [5, 5.41) is 0. The number of hydrogen-bond acceptors (Lipinski definition) is 2. The van der Waals surface area contributed by atoms with Crippen LogP contribution in [0, 0.1) is 11.7 Å². The number of nitrogens with zero attached hydrogens (tertiary/aromatic N) is 2. The van der Waals surface area contributed by atoms with E-state index in [0.717, 1.165) is 28.9 Å². The zero-order valence-corrected chi connectivity index (χ0v) is 12.5. The molecule has 2 heterocycles. The van der Waals surface area contributed by atoms with Crippen molar-refractivity contribution in [1.29, 1.82) is 0 Å². The summed E-state index contributed by atoms with van der Waals surface area (Å²) in [6, 6.07) is 10.7. The van der Waals surface area contributed by atoms with Gasteiger partial charge >= 0.3 is 0 Å². The molecule has 0 aliphatic carbocycles. The zero-order valence-electron chi connectivity index (χ0n) is 11.7. The third-order valence-electron chi connectivity index (χ3n) is 3.64. The standard InChI is InChI=1S/C16H17N3S/c1-3-12-4-6-13(7-5-12)10-19-15-14(18-16(19)20)11(2)8-9-17-15/h4-9H,3,10H2,1-2H3,(H,18,20). The molecular weight excluding hydrogens is 266 g/mol. The molecule has 3 nitrogen and oxygen atoms in total. The molecule has 0 unspecified atom stereocenters. The highest BCUT2D eigenvalue weighted by atomic mass is 32.1. The van der Waals surface area contributed by atoms with Crippen LogP contribution in [0.1, 0.15) is 23.6 Å². The van der Waals surface area contributed by atoms with E-state index in [9.17, 15) is 0 Å². The largest absolute Gasteiger partial charge is 0.329 e. The van der Waals surface area contributed by atoms with Gasteiger partial charge in [-0.25, -0.2) is 4.98 Å². The lowest BCUT2D eigenvalue weighted by Crippen LogP contribution is -2.01. The van der Waals surface area contributed by atoms with Gasteiger partial charge in [0, 0.05) is 6.20 Å². The Labute approximate surface area is 123 Å². The number of H-pyrrole nitrogens is 1. The number of nitrogens with one attached hydrogen (secondary N) is 1. The molecule has 0 saturated carbocycles. The number of fused-ring (bicyclic) bond motifs is 1. The van der Waals surface area contributed by atoms with Crippen LogP contribution in [0.5, 0.6) is 0 Å². The molecule has 0 saturated heterocycles. The van der Waals surface area contributed by atoms with Crippen LogP contribution in [0.15, 0.2) is 36.5 Å². The average Bonchev–Trinajstić information content (AvgIpc) is 2.78. The molecule has 1 N–H and O–H groups in total. The molecule has 1 aromatic carbocycles. The van der Waals surface area contributed by atoms with Gasteiger partial charge in [0.1, 0.15) is 0 Å². The molecule has 2 aromatic heterocycles. The molecule has 4 heteroatoms. The molecule has 3 rings (SSSR count). The van der Waals surface area contributed by atoms with Crippen LogP contribution in [-0.2, 0) is 13.0 Å². The Morgan fingerprint density at radius 2 is 1.85 bits per heavy atom. The van der Waals surface area contributed by atoms with Crippen LogP contribution in [0.2, 0.25) is 0 Å². The summed E-state index contributed by atoms with van der Waals surface area (Å²) < 4.78 is 2.78. The predicted octanol–water partition coefficient (Wildman–Crippen LogP) is 4.01. The molecule has 0 atom stereocenters. The van der Waals surface area contributed by atoms with Gasteiger partial charge in [-0.05, 0) is 48.3 Å². The second kappa shape index (κ2) is 5.21. The van der Waals surface area contributed by atoms with Gasteiger partial charge in [0.25, 0.3) is 0 Å². The minimum Gasteiger partial charge on any atom is -0.329 e. The first-order valence-corrected chi connectivity index (χ1v) is 7.22. The van der Waals surface area contributed by atoms with E-state index in [1.165, 1.54) is 16.7 Å². The monoisotopic (exact) mass is 283 g/mol. The lowest BCUT2D eigenvalue weighted by molar-refractivity contribution is 0.800. The highest BCUT2D eigenvalue weighted by molar-refractivity contribution is 7.71. The van der Waals surface area contributed by atoms with Crippen molar-refractivity contribution < 1.29 is 0 Å². The van der Waals surface area contributed by atoms with E-state index in [2.05, 4.69) is 52.6 Å². The van der Waals surface area contributed by atoms with E-state index in [-0.39, 0.29) is 0 Å². The maximum Gasteiger partial charge on any atom is 0.179 e. The van der Waals surface area contributed by atoms with E-state index < -0.39 is 0 Å². The maximum atomic E-state index is 5.43. The summed E-state index contributed by atoms with van der Waals surface area (Å²) in [4.78, 5) is 7.71. The van der Waals surface area contributed by atoms with Crippen molar-refractivity contribution >= 4 is 23.4 Å². The SMILES string of the molecule is CCc1ccc(Cn2c(=S)[nH]c3c(C)ccnc32)cc1. The van der Waals surface area contributed by atoms with Crippen molar-refractivity contribution in [2.75, 3.05) is 0 Å². The second-order valence-corrected chi connectivity index (χ2v) is 5.40. The van der Waals surface area contributed by atoms with Crippen LogP contribution >= 0.6 is 12.2 Å². The van der Waals surface area contributed by atoms with Gasteiger partial charge in [-0.15, -0.1) is 0 Å². The molecule has 0 radical (unpaired) electrons. The van der Waals surface area contributed by atoms with Crippen LogP contribution in [0.3, 0.4) is 0 Å².